The summed E-state index contributed by atoms with van der Waals surface area (Å²) in [6, 6.07) is 7.17. The summed E-state index contributed by atoms with van der Waals surface area (Å²) in [5.41, 5.74) is 1.28. The first-order chi connectivity index (χ1) is 11.9. The van der Waals surface area contributed by atoms with E-state index in [-0.39, 0.29) is 5.57 Å². The third kappa shape index (κ3) is 3.36. The highest BCUT2D eigenvalue weighted by molar-refractivity contribution is 6.35. The topological polar surface area (TPSA) is 80.6 Å². The van der Waals surface area contributed by atoms with E-state index in [0.29, 0.717) is 32.8 Å². The van der Waals surface area contributed by atoms with Gasteiger partial charge in [-0.2, -0.15) is 0 Å². The molecule has 1 atom stereocenters. The molecule has 2 N–H and O–H groups in total. The number of carbonyl (C=O) groups is 2. The highest BCUT2D eigenvalue weighted by Crippen LogP contribution is 2.35. The number of ether oxygens (including phenoxy) is 1. The van der Waals surface area contributed by atoms with Crippen LogP contribution in [0.2, 0.25) is 10.0 Å². The average molecular weight is 381 g/mol. The predicted molar refractivity (Wildman–Crippen MR) is 93.3 cm³/mol. The number of hydrogen-bond acceptors (Lipinski definition) is 4. The number of hydrogen-bond donors (Lipinski definition) is 2. The van der Waals surface area contributed by atoms with Gasteiger partial charge in [-0.15, -0.1) is 0 Å². The summed E-state index contributed by atoms with van der Waals surface area (Å²) in [4.78, 5) is 23.9. The zero-order chi connectivity index (χ0) is 18.1. The van der Waals surface area contributed by atoms with Crippen LogP contribution in [0.5, 0.6) is 0 Å². The minimum absolute atomic E-state index is 0.264. The summed E-state index contributed by atoms with van der Waals surface area (Å²) in [5, 5.41) is 6.19. The van der Waals surface area contributed by atoms with Crippen molar-refractivity contribution in [3.05, 3.63) is 57.4 Å². The molecule has 1 aromatic carbocycles. The molecule has 130 valence electrons. The van der Waals surface area contributed by atoms with Crippen molar-refractivity contribution in [1.29, 1.82) is 0 Å². The molecule has 1 unspecified atom stereocenters. The Morgan fingerprint density at radius 3 is 2.72 bits per heavy atom. The minimum Gasteiger partial charge on any atom is -0.466 e. The van der Waals surface area contributed by atoms with E-state index in [1.54, 1.807) is 37.3 Å². The fourth-order valence-corrected chi connectivity index (χ4v) is 3.01. The molecule has 0 saturated carbocycles. The molecule has 0 bridgehead atoms. The van der Waals surface area contributed by atoms with Crippen molar-refractivity contribution in [2.45, 2.75) is 13.0 Å². The second-order valence-electron chi connectivity index (χ2n) is 5.39. The molecule has 2 heterocycles. The lowest BCUT2D eigenvalue weighted by Gasteiger charge is -2.26. The standard InChI is InChI=1S/C17H14Cl2N2O4/c1-8-14(16(22)24-2)15(21-17(23)20-8)13-6-5-12(25-13)10-7-9(18)3-4-11(10)19/h3-7,15H,1-2H3,(H2,20,21,23). The lowest BCUT2D eigenvalue weighted by Crippen LogP contribution is -2.45. The van der Waals surface area contributed by atoms with Crippen molar-refractivity contribution >= 4 is 35.2 Å². The maximum atomic E-state index is 12.1. The average Bonchev–Trinajstić information content (AvgIpc) is 3.05. The summed E-state index contributed by atoms with van der Waals surface area (Å²) >= 11 is 12.2. The lowest BCUT2D eigenvalue weighted by molar-refractivity contribution is -0.136. The predicted octanol–water partition coefficient (Wildman–Crippen LogP) is 4.05. The van der Waals surface area contributed by atoms with Gasteiger partial charge in [0.05, 0.1) is 17.7 Å². The second-order valence-corrected chi connectivity index (χ2v) is 6.23. The summed E-state index contributed by atoms with van der Waals surface area (Å²) in [6.07, 6.45) is 0. The van der Waals surface area contributed by atoms with Crippen LogP contribution in [0.1, 0.15) is 18.7 Å². The molecule has 1 aromatic heterocycles. The Balaban J connectivity index is 2.03. The molecular formula is C17H14Cl2N2O4. The van der Waals surface area contributed by atoms with Crippen molar-refractivity contribution in [1.82, 2.24) is 10.6 Å². The van der Waals surface area contributed by atoms with Crippen LogP contribution in [0.3, 0.4) is 0 Å². The van der Waals surface area contributed by atoms with Crippen molar-refractivity contribution in [3.8, 4) is 11.3 Å². The van der Waals surface area contributed by atoms with Crippen molar-refractivity contribution in [2.24, 2.45) is 0 Å². The smallest absolute Gasteiger partial charge is 0.338 e. The van der Waals surface area contributed by atoms with Gasteiger partial charge >= 0.3 is 12.0 Å². The Hall–Kier alpha value is -2.44. The molecule has 2 amide bonds. The first kappa shape index (κ1) is 17.4. The Morgan fingerprint density at radius 2 is 2.00 bits per heavy atom. The SMILES string of the molecule is COC(=O)C1=C(C)NC(=O)NC1c1ccc(-c2cc(Cl)ccc2Cl)o1. The molecule has 25 heavy (non-hydrogen) atoms. The quantitative estimate of drug-likeness (QED) is 0.786. The summed E-state index contributed by atoms with van der Waals surface area (Å²) in [7, 11) is 1.27. The number of methoxy groups -OCH3 is 1. The molecule has 0 aliphatic carbocycles. The van der Waals surface area contributed by atoms with Crippen LogP contribution < -0.4 is 10.6 Å². The molecule has 0 saturated heterocycles. The summed E-state index contributed by atoms with van der Waals surface area (Å²) < 4.78 is 10.6. The third-order valence-corrected chi connectivity index (χ3v) is 4.34. The van der Waals surface area contributed by atoms with Gasteiger partial charge in [0.15, 0.2) is 0 Å². The molecular weight excluding hydrogens is 367 g/mol. The largest absolute Gasteiger partial charge is 0.466 e. The van der Waals surface area contributed by atoms with Crippen molar-refractivity contribution in [3.63, 3.8) is 0 Å². The third-order valence-electron chi connectivity index (χ3n) is 3.78. The first-order valence-corrected chi connectivity index (χ1v) is 8.08. The molecule has 0 fully saturated rings. The van der Waals surface area contributed by atoms with Crippen molar-refractivity contribution in [2.75, 3.05) is 7.11 Å². The van der Waals surface area contributed by atoms with Crippen LogP contribution in [0.15, 0.2) is 46.0 Å². The number of rotatable bonds is 3. The molecule has 1 aliphatic rings. The fourth-order valence-electron chi connectivity index (χ4n) is 2.63. The zero-order valence-electron chi connectivity index (χ0n) is 13.4. The number of furan rings is 1. The number of halogens is 2. The van der Waals surface area contributed by atoms with Gasteiger partial charge in [0, 0.05) is 16.3 Å². The highest BCUT2D eigenvalue weighted by Gasteiger charge is 2.34. The number of benzene rings is 1. The Labute approximate surface area is 153 Å². The number of urea groups is 1. The number of carbonyl (C=O) groups excluding carboxylic acids is 2. The second kappa shape index (κ2) is 6.82. The van der Waals surface area contributed by atoms with Gasteiger partial charge in [0.2, 0.25) is 0 Å². The van der Waals surface area contributed by atoms with E-state index in [1.807, 2.05) is 0 Å². The molecule has 3 rings (SSSR count). The Morgan fingerprint density at radius 1 is 1.24 bits per heavy atom. The van der Waals surface area contributed by atoms with Crippen LogP contribution in [-0.2, 0) is 9.53 Å². The normalized spacial score (nSPS) is 17.1. The van der Waals surface area contributed by atoms with E-state index in [0.717, 1.165) is 0 Å². The van der Waals surface area contributed by atoms with E-state index in [2.05, 4.69) is 10.6 Å². The number of esters is 1. The maximum Gasteiger partial charge on any atom is 0.338 e. The molecule has 6 nitrogen and oxygen atoms in total. The Kier molecular flexibility index (Phi) is 4.74. The van der Waals surface area contributed by atoms with Crippen LogP contribution >= 0.6 is 23.2 Å². The molecule has 2 aromatic rings. The minimum atomic E-state index is -0.770. The van der Waals surface area contributed by atoms with E-state index >= 15 is 0 Å². The van der Waals surface area contributed by atoms with E-state index < -0.39 is 18.0 Å². The number of amides is 2. The van der Waals surface area contributed by atoms with E-state index in [4.69, 9.17) is 32.4 Å². The first-order valence-electron chi connectivity index (χ1n) is 7.32. The van der Waals surface area contributed by atoms with Crippen molar-refractivity contribution < 1.29 is 18.7 Å². The molecule has 0 spiro atoms. The van der Waals surface area contributed by atoms with Crippen LogP contribution in [0.4, 0.5) is 4.79 Å². The van der Waals surface area contributed by atoms with Crippen LogP contribution in [0.25, 0.3) is 11.3 Å². The van der Waals surface area contributed by atoms with Gasteiger partial charge in [-0.25, -0.2) is 9.59 Å². The summed E-state index contributed by atoms with van der Waals surface area (Å²) in [6.45, 7) is 1.62. The Bertz CT molecular complexity index is 889. The lowest BCUT2D eigenvalue weighted by atomic mass is 10.0. The zero-order valence-corrected chi connectivity index (χ0v) is 14.9. The summed E-state index contributed by atoms with van der Waals surface area (Å²) in [5.74, 6) is 0.284. The van der Waals surface area contributed by atoms with E-state index in [1.165, 1.54) is 7.11 Å². The molecule has 8 heteroatoms. The number of nitrogens with one attached hydrogen (secondary N) is 2. The van der Waals surface area contributed by atoms with Crippen LogP contribution in [-0.4, -0.2) is 19.1 Å². The maximum absolute atomic E-state index is 12.1. The fraction of sp³-hybridized carbons (Fsp3) is 0.176. The number of allylic oxidation sites excluding steroid dienone is 1. The van der Waals surface area contributed by atoms with Crippen LogP contribution in [0, 0.1) is 0 Å². The van der Waals surface area contributed by atoms with Gasteiger partial charge in [0.1, 0.15) is 17.6 Å². The van der Waals surface area contributed by atoms with Gasteiger partial charge in [-0.1, -0.05) is 23.2 Å². The monoisotopic (exact) mass is 380 g/mol. The van der Waals surface area contributed by atoms with Gasteiger partial charge < -0.3 is 19.8 Å². The van der Waals surface area contributed by atoms with Gasteiger partial charge in [-0.3, -0.25) is 0 Å². The van der Waals surface area contributed by atoms with Gasteiger partial charge in [-0.05, 0) is 37.3 Å². The highest BCUT2D eigenvalue weighted by atomic mass is 35.5. The van der Waals surface area contributed by atoms with E-state index in [9.17, 15) is 9.59 Å². The van der Waals surface area contributed by atoms with Gasteiger partial charge in [0.25, 0.3) is 0 Å². The molecule has 1 aliphatic heterocycles. The molecule has 0 radical (unpaired) electrons.